The van der Waals surface area contributed by atoms with Gasteiger partial charge in [0.05, 0.1) is 5.69 Å². The summed E-state index contributed by atoms with van der Waals surface area (Å²) in [5, 5.41) is 24.8. The third-order valence-corrected chi connectivity index (χ3v) is 2.27. The highest BCUT2D eigenvalue weighted by molar-refractivity contribution is 5.76. The van der Waals surface area contributed by atoms with Crippen molar-refractivity contribution in [3.63, 3.8) is 0 Å². The number of phenolic OH excluding ortho intramolecular Hbond substituents is 1. The smallest absolute Gasteiger partial charge is 0.226 e. The van der Waals surface area contributed by atoms with Crippen LogP contribution in [0.3, 0.4) is 0 Å². The number of benzene rings is 2. The van der Waals surface area contributed by atoms with E-state index in [2.05, 4.69) is 10.2 Å². The van der Waals surface area contributed by atoms with Gasteiger partial charge >= 0.3 is 0 Å². The molecular formula is C13H9N3O. The fourth-order valence-electron chi connectivity index (χ4n) is 1.54. The van der Waals surface area contributed by atoms with Crippen LogP contribution >= 0.6 is 0 Å². The molecule has 0 amide bonds. The highest BCUT2D eigenvalue weighted by Crippen LogP contribution is 2.33. The van der Waals surface area contributed by atoms with Crippen molar-refractivity contribution in [3.8, 4) is 23.1 Å². The molecule has 0 aliphatic heterocycles. The molecule has 4 nitrogen and oxygen atoms in total. The average molecular weight is 223 g/mol. The highest BCUT2D eigenvalue weighted by Gasteiger charge is 2.05. The van der Waals surface area contributed by atoms with E-state index in [0.29, 0.717) is 5.69 Å². The average Bonchev–Trinajstić information content (AvgIpc) is 2.37. The third kappa shape index (κ3) is 2.47. The predicted octanol–water partition coefficient (Wildman–Crippen LogP) is 3.62. The lowest BCUT2D eigenvalue weighted by molar-refractivity contribution is 0.475. The topological polar surface area (TPSA) is 68.7 Å². The summed E-state index contributed by atoms with van der Waals surface area (Å²) in [7, 11) is 0. The highest BCUT2D eigenvalue weighted by atomic mass is 16.3. The number of nitrogens with zero attached hydrogens (tertiary/aromatic N) is 3. The second-order valence-corrected chi connectivity index (χ2v) is 3.37. The molecule has 0 saturated carbocycles. The van der Waals surface area contributed by atoms with Crippen LogP contribution in [0.15, 0.2) is 58.8 Å². The van der Waals surface area contributed by atoms with Crippen molar-refractivity contribution in [1.29, 1.82) is 5.26 Å². The maximum absolute atomic E-state index is 9.40. The zero-order valence-electron chi connectivity index (χ0n) is 8.91. The van der Waals surface area contributed by atoms with Gasteiger partial charge in [-0.3, -0.25) is 0 Å². The lowest BCUT2D eigenvalue weighted by Crippen LogP contribution is -1.78. The van der Waals surface area contributed by atoms with Gasteiger partial charge in [0, 0.05) is 11.6 Å². The SMILES string of the molecule is N#CN=Nc1cc(O)ccc1-c1ccccc1. The fraction of sp³-hybridized carbons (Fsp3) is 0. The fourth-order valence-corrected chi connectivity index (χ4v) is 1.54. The first kappa shape index (κ1) is 10.8. The number of hydrogen-bond acceptors (Lipinski definition) is 4. The van der Waals surface area contributed by atoms with Gasteiger partial charge in [0.25, 0.3) is 0 Å². The number of nitriles is 1. The first-order valence-electron chi connectivity index (χ1n) is 4.99. The van der Waals surface area contributed by atoms with Gasteiger partial charge in [-0.2, -0.15) is 5.26 Å². The molecule has 0 radical (unpaired) electrons. The van der Waals surface area contributed by atoms with Crippen molar-refractivity contribution < 1.29 is 5.11 Å². The summed E-state index contributed by atoms with van der Waals surface area (Å²) < 4.78 is 0. The molecule has 17 heavy (non-hydrogen) atoms. The molecule has 0 fully saturated rings. The molecule has 0 bridgehead atoms. The standard InChI is InChI=1S/C13H9N3O/c14-9-15-16-13-8-11(17)6-7-12(13)10-4-2-1-3-5-10/h1-8,17H. The van der Waals surface area contributed by atoms with Gasteiger partial charge < -0.3 is 5.11 Å². The Morgan fingerprint density at radius 2 is 1.82 bits per heavy atom. The lowest BCUT2D eigenvalue weighted by atomic mass is 10.0. The van der Waals surface area contributed by atoms with Gasteiger partial charge in [-0.05, 0) is 17.7 Å². The van der Waals surface area contributed by atoms with Crippen LogP contribution in [0.25, 0.3) is 11.1 Å². The van der Waals surface area contributed by atoms with Crippen LogP contribution in [0, 0.1) is 11.5 Å². The maximum Gasteiger partial charge on any atom is 0.226 e. The molecule has 82 valence electrons. The van der Waals surface area contributed by atoms with Crippen LogP contribution in [0.1, 0.15) is 0 Å². The normalized spacial score (nSPS) is 10.3. The summed E-state index contributed by atoms with van der Waals surface area (Å²) in [6.07, 6.45) is 1.59. The van der Waals surface area contributed by atoms with E-state index in [-0.39, 0.29) is 5.75 Å². The van der Waals surface area contributed by atoms with Crippen molar-refractivity contribution >= 4 is 5.69 Å². The minimum absolute atomic E-state index is 0.0940. The van der Waals surface area contributed by atoms with Crippen molar-refractivity contribution in [2.75, 3.05) is 0 Å². The molecule has 0 saturated heterocycles. The van der Waals surface area contributed by atoms with Crippen LogP contribution in [0.5, 0.6) is 5.75 Å². The van der Waals surface area contributed by atoms with Gasteiger partial charge in [0.2, 0.25) is 6.19 Å². The largest absolute Gasteiger partial charge is 0.508 e. The summed E-state index contributed by atoms with van der Waals surface area (Å²) in [4.78, 5) is 0. The second kappa shape index (κ2) is 4.90. The maximum atomic E-state index is 9.40. The molecule has 1 N–H and O–H groups in total. The van der Waals surface area contributed by atoms with Gasteiger partial charge in [0.1, 0.15) is 5.75 Å². The molecule has 4 heteroatoms. The quantitative estimate of drug-likeness (QED) is 0.623. The Morgan fingerprint density at radius 1 is 1.06 bits per heavy atom. The molecule has 0 aliphatic rings. The number of phenols is 1. The Hall–Kier alpha value is -2.67. The summed E-state index contributed by atoms with van der Waals surface area (Å²) in [5.74, 6) is 0.0940. The number of rotatable bonds is 2. The zero-order chi connectivity index (χ0) is 12.1. The summed E-state index contributed by atoms with van der Waals surface area (Å²) >= 11 is 0. The zero-order valence-corrected chi connectivity index (χ0v) is 8.91. The van der Waals surface area contributed by atoms with Gasteiger partial charge in [-0.1, -0.05) is 35.4 Å². The number of hydrogen-bond donors (Lipinski definition) is 1. The van der Waals surface area contributed by atoms with E-state index in [1.165, 1.54) is 6.07 Å². The molecule has 0 spiro atoms. The van der Waals surface area contributed by atoms with E-state index in [0.717, 1.165) is 11.1 Å². The minimum Gasteiger partial charge on any atom is -0.508 e. The Balaban J connectivity index is 2.55. The Kier molecular flexibility index (Phi) is 3.13. The molecule has 0 aromatic heterocycles. The van der Waals surface area contributed by atoms with Gasteiger partial charge in [-0.25, -0.2) is 0 Å². The van der Waals surface area contributed by atoms with Gasteiger partial charge in [-0.15, -0.1) is 5.11 Å². The Labute approximate surface area is 98.5 Å². The van der Waals surface area contributed by atoms with E-state index < -0.39 is 0 Å². The Bertz CT molecular complexity index is 585. The molecule has 0 atom stereocenters. The van der Waals surface area contributed by atoms with Crippen LogP contribution in [-0.4, -0.2) is 5.11 Å². The molecule has 0 unspecified atom stereocenters. The predicted molar refractivity (Wildman–Crippen MR) is 63.7 cm³/mol. The van der Waals surface area contributed by atoms with Crippen molar-refractivity contribution in [2.24, 2.45) is 10.2 Å². The minimum atomic E-state index is 0.0940. The van der Waals surface area contributed by atoms with Crippen LogP contribution in [0.2, 0.25) is 0 Å². The van der Waals surface area contributed by atoms with E-state index >= 15 is 0 Å². The molecule has 0 aliphatic carbocycles. The van der Waals surface area contributed by atoms with Crippen LogP contribution < -0.4 is 0 Å². The summed E-state index contributed by atoms with van der Waals surface area (Å²) in [6, 6.07) is 14.4. The molecule has 2 aromatic rings. The second-order valence-electron chi connectivity index (χ2n) is 3.37. The number of aromatic hydroxyl groups is 1. The third-order valence-electron chi connectivity index (χ3n) is 2.27. The first-order chi connectivity index (χ1) is 8.31. The molecule has 2 aromatic carbocycles. The van der Waals surface area contributed by atoms with E-state index in [1.807, 2.05) is 30.3 Å². The first-order valence-corrected chi connectivity index (χ1v) is 4.99. The van der Waals surface area contributed by atoms with Crippen molar-refractivity contribution in [3.05, 3.63) is 48.5 Å². The lowest BCUT2D eigenvalue weighted by Gasteiger charge is -2.04. The van der Waals surface area contributed by atoms with Crippen molar-refractivity contribution in [1.82, 2.24) is 0 Å². The monoisotopic (exact) mass is 223 g/mol. The van der Waals surface area contributed by atoms with Crippen LogP contribution in [-0.2, 0) is 0 Å². The summed E-state index contributed by atoms with van der Waals surface area (Å²) in [5.41, 5.74) is 2.25. The van der Waals surface area contributed by atoms with Crippen LogP contribution in [0.4, 0.5) is 5.69 Å². The van der Waals surface area contributed by atoms with E-state index in [9.17, 15) is 5.11 Å². The van der Waals surface area contributed by atoms with Gasteiger partial charge in [0.15, 0.2) is 0 Å². The van der Waals surface area contributed by atoms with E-state index in [4.69, 9.17) is 5.26 Å². The molecule has 0 heterocycles. The Morgan fingerprint density at radius 3 is 2.53 bits per heavy atom. The molecular weight excluding hydrogens is 214 g/mol. The summed E-state index contributed by atoms with van der Waals surface area (Å²) in [6.45, 7) is 0. The van der Waals surface area contributed by atoms with Crippen molar-refractivity contribution in [2.45, 2.75) is 0 Å². The van der Waals surface area contributed by atoms with E-state index in [1.54, 1.807) is 18.3 Å². The molecule has 2 rings (SSSR count). The number of azo groups is 1.